The van der Waals surface area contributed by atoms with Crippen molar-refractivity contribution in [2.75, 3.05) is 0 Å². The van der Waals surface area contributed by atoms with E-state index in [4.69, 9.17) is 0 Å². The van der Waals surface area contributed by atoms with Crippen LogP contribution in [-0.2, 0) is 11.2 Å². The molecule has 0 aliphatic carbocycles. The second kappa shape index (κ2) is 4.65. The van der Waals surface area contributed by atoms with E-state index in [0.717, 1.165) is 5.56 Å². The van der Waals surface area contributed by atoms with Gasteiger partial charge in [-0.25, -0.2) is 4.39 Å². The Hall–Kier alpha value is -1.18. The average molecular weight is 166 g/mol. The molecule has 1 rings (SSSR count). The number of benzene rings is 1. The number of hydrogen-bond acceptors (Lipinski definition) is 1. The van der Waals surface area contributed by atoms with Crippen molar-refractivity contribution in [1.82, 2.24) is 0 Å². The van der Waals surface area contributed by atoms with E-state index < -0.39 is 6.17 Å². The smallest absolute Gasteiger partial charge is 0.155 e. The summed E-state index contributed by atoms with van der Waals surface area (Å²) in [4.78, 5) is 9.95. The Morgan fingerprint density at radius 1 is 1.33 bits per heavy atom. The molecule has 0 spiro atoms. The molecule has 1 aromatic carbocycles. The maximum atomic E-state index is 12.4. The molecular weight excluding hydrogens is 155 g/mol. The molecular formula is C10H11FO. The third kappa shape index (κ3) is 2.82. The molecule has 1 unspecified atom stereocenters. The van der Waals surface area contributed by atoms with Gasteiger partial charge in [-0.05, 0) is 18.4 Å². The lowest BCUT2D eigenvalue weighted by atomic mass is 10.1. The van der Waals surface area contributed by atoms with Gasteiger partial charge in [0, 0.05) is 0 Å². The molecule has 0 aromatic heterocycles. The molecule has 0 fully saturated rings. The summed E-state index contributed by atoms with van der Waals surface area (Å²) in [5, 5.41) is 0. The average Bonchev–Trinajstić information content (AvgIpc) is 2.16. The van der Waals surface area contributed by atoms with Crippen LogP contribution in [0.3, 0.4) is 0 Å². The molecule has 0 bridgehead atoms. The summed E-state index contributed by atoms with van der Waals surface area (Å²) in [7, 11) is 0. The van der Waals surface area contributed by atoms with Crippen LogP contribution < -0.4 is 0 Å². The summed E-state index contributed by atoms with van der Waals surface area (Å²) in [6, 6.07) is 9.58. The van der Waals surface area contributed by atoms with Crippen molar-refractivity contribution in [3.05, 3.63) is 35.9 Å². The number of halogens is 1. The fraction of sp³-hybridized carbons (Fsp3) is 0.300. The molecule has 0 aliphatic rings. The Balaban J connectivity index is 2.38. The van der Waals surface area contributed by atoms with E-state index in [-0.39, 0.29) is 6.42 Å². The molecule has 1 aromatic rings. The highest BCUT2D eigenvalue weighted by Crippen LogP contribution is 2.05. The third-order valence-corrected chi connectivity index (χ3v) is 1.70. The van der Waals surface area contributed by atoms with Crippen LogP contribution >= 0.6 is 0 Å². The molecule has 0 heterocycles. The zero-order chi connectivity index (χ0) is 8.81. The zero-order valence-corrected chi connectivity index (χ0v) is 6.74. The summed E-state index contributed by atoms with van der Waals surface area (Å²) in [6.07, 6.45) is -0.0535. The maximum Gasteiger partial charge on any atom is 0.155 e. The number of aryl methyl sites for hydroxylation is 1. The van der Waals surface area contributed by atoms with Crippen LogP contribution in [0.1, 0.15) is 12.0 Å². The van der Waals surface area contributed by atoms with Gasteiger partial charge in [-0.1, -0.05) is 30.3 Å². The Labute approximate surface area is 71.2 Å². The number of carbonyl (C=O) groups is 1. The van der Waals surface area contributed by atoms with E-state index in [2.05, 4.69) is 0 Å². The number of aldehydes is 1. The van der Waals surface area contributed by atoms with Gasteiger partial charge in [0.05, 0.1) is 0 Å². The van der Waals surface area contributed by atoms with Gasteiger partial charge in [0.2, 0.25) is 0 Å². The van der Waals surface area contributed by atoms with Crippen LogP contribution in [0.25, 0.3) is 0 Å². The molecule has 0 amide bonds. The van der Waals surface area contributed by atoms with Crippen molar-refractivity contribution in [2.24, 2.45) is 0 Å². The van der Waals surface area contributed by atoms with Crippen molar-refractivity contribution >= 4 is 6.29 Å². The second-order valence-corrected chi connectivity index (χ2v) is 2.68. The maximum absolute atomic E-state index is 12.4. The van der Waals surface area contributed by atoms with Crippen LogP contribution in [0.5, 0.6) is 0 Å². The number of carbonyl (C=O) groups excluding carboxylic acids is 1. The van der Waals surface area contributed by atoms with E-state index in [1.165, 1.54) is 0 Å². The van der Waals surface area contributed by atoms with E-state index in [1.54, 1.807) is 0 Å². The number of rotatable bonds is 4. The molecule has 0 N–H and O–H groups in total. The van der Waals surface area contributed by atoms with E-state index in [0.29, 0.717) is 12.7 Å². The fourth-order valence-electron chi connectivity index (χ4n) is 1.02. The quantitative estimate of drug-likeness (QED) is 0.626. The number of alkyl halides is 1. The minimum atomic E-state index is -1.31. The van der Waals surface area contributed by atoms with Crippen LogP contribution in [0.2, 0.25) is 0 Å². The van der Waals surface area contributed by atoms with Crippen molar-refractivity contribution in [2.45, 2.75) is 19.0 Å². The summed E-state index contributed by atoms with van der Waals surface area (Å²) in [5.41, 5.74) is 1.07. The van der Waals surface area contributed by atoms with Gasteiger partial charge in [-0.15, -0.1) is 0 Å². The first-order valence-corrected chi connectivity index (χ1v) is 3.96. The predicted octanol–water partition coefficient (Wildman–Crippen LogP) is 2.16. The normalized spacial score (nSPS) is 12.4. The van der Waals surface area contributed by atoms with E-state index in [1.807, 2.05) is 30.3 Å². The largest absolute Gasteiger partial charge is 0.300 e. The van der Waals surface area contributed by atoms with Crippen molar-refractivity contribution in [3.63, 3.8) is 0 Å². The van der Waals surface area contributed by atoms with Crippen molar-refractivity contribution in [3.8, 4) is 0 Å². The van der Waals surface area contributed by atoms with E-state index >= 15 is 0 Å². The molecule has 0 radical (unpaired) electrons. The van der Waals surface area contributed by atoms with Crippen LogP contribution in [-0.4, -0.2) is 12.5 Å². The molecule has 1 atom stereocenters. The van der Waals surface area contributed by atoms with Crippen LogP contribution in [0, 0.1) is 0 Å². The highest BCUT2D eigenvalue weighted by atomic mass is 19.1. The van der Waals surface area contributed by atoms with Gasteiger partial charge in [-0.2, -0.15) is 0 Å². The third-order valence-electron chi connectivity index (χ3n) is 1.70. The minimum Gasteiger partial charge on any atom is -0.300 e. The lowest BCUT2D eigenvalue weighted by Gasteiger charge is -2.00. The predicted molar refractivity (Wildman–Crippen MR) is 45.7 cm³/mol. The standard InChI is InChI=1S/C10H11FO/c11-10(8-12)7-6-9-4-2-1-3-5-9/h1-5,8,10H,6-7H2. The van der Waals surface area contributed by atoms with Crippen LogP contribution in [0.4, 0.5) is 4.39 Å². The molecule has 0 aliphatic heterocycles. The highest BCUT2D eigenvalue weighted by molar-refractivity contribution is 5.55. The molecule has 1 nitrogen and oxygen atoms in total. The van der Waals surface area contributed by atoms with Gasteiger partial charge in [0.1, 0.15) is 0 Å². The Kier molecular flexibility index (Phi) is 3.45. The first-order valence-electron chi connectivity index (χ1n) is 3.96. The molecule has 0 saturated carbocycles. The summed E-state index contributed by atoms with van der Waals surface area (Å²) >= 11 is 0. The van der Waals surface area contributed by atoms with Gasteiger partial charge in [0.25, 0.3) is 0 Å². The summed E-state index contributed by atoms with van der Waals surface area (Å²) < 4.78 is 12.4. The highest BCUT2D eigenvalue weighted by Gasteiger charge is 2.03. The van der Waals surface area contributed by atoms with Gasteiger partial charge in [-0.3, -0.25) is 0 Å². The minimum absolute atomic E-state index is 0.285. The first kappa shape index (κ1) is 8.91. The molecule has 2 heteroatoms. The fourth-order valence-corrected chi connectivity index (χ4v) is 1.02. The molecule has 64 valence electrons. The SMILES string of the molecule is O=CC(F)CCc1ccccc1. The summed E-state index contributed by atoms with van der Waals surface area (Å²) in [5.74, 6) is 0. The topological polar surface area (TPSA) is 17.1 Å². The lowest BCUT2D eigenvalue weighted by molar-refractivity contribution is -0.112. The first-order chi connectivity index (χ1) is 5.83. The summed E-state index contributed by atoms with van der Waals surface area (Å²) in [6.45, 7) is 0. The lowest BCUT2D eigenvalue weighted by Crippen LogP contribution is -2.02. The second-order valence-electron chi connectivity index (χ2n) is 2.68. The zero-order valence-electron chi connectivity index (χ0n) is 6.74. The van der Waals surface area contributed by atoms with Gasteiger partial charge >= 0.3 is 0 Å². The van der Waals surface area contributed by atoms with Crippen molar-refractivity contribution < 1.29 is 9.18 Å². The van der Waals surface area contributed by atoms with Crippen LogP contribution in [0.15, 0.2) is 30.3 Å². The van der Waals surface area contributed by atoms with E-state index in [9.17, 15) is 9.18 Å². The van der Waals surface area contributed by atoms with Gasteiger partial charge < -0.3 is 4.79 Å². The number of hydrogen-bond donors (Lipinski definition) is 0. The Morgan fingerprint density at radius 3 is 2.58 bits per heavy atom. The van der Waals surface area contributed by atoms with Gasteiger partial charge in [0.15, 0.2) is 12.5 Å². The molecule has 12 heavy (non-hydrogen) atoms. The molecule has 0 saturated heterocycles. The monoisotopic (exact) mass is 166 g/mol. The Morgan fingerprint density at radius 2 is 2.00 bits per heavy atom. The van der Waals surface area contributed by atoms with Crippen molar-refractivity contribution in [1.29, 1.82) is 0 Å². The Bertz CT molecular complexity index is 233.